The molecule has 2 aromatic rings. The van der Waals surface area contributed by atoms with Crippen molar-refractivity contribution in [3.05, 3.63) is 42.5 Å². The van der Waals surface area contributed by atoms with E-state index in [1.165, 1.54) is 0 Å². The minimum atomic E-state index is -0.225. The van der Waals surface area contributed by atoms with E-state index in [1.807, 2.05) is 0 Å². The Morgan fingerprint density at radius 2 is 2.14 bits per heavy atom. The number of carbonyl (C=O) groups excluding carboxylic acids is 1. The van der Waals surface area contributed by atoms with Crippen molar-refractivity contribution in [3.8, 4) is 0 Å². The monoisotopic (exact) mass is 188 g/mol. The maximum atomic E-state index is 11.5. The van der Waals surface area contributed by atoms with Crippen LogP contribution >= 0.6 is 0 Å². The van der Waals surface area contributed by atoms with Crippen LogP contribution in [0.2, 0.25) is 0 Å². The molecule has 0 aliphatic carbocycles. The highest BCUT2D eigenvalue weighted by atomic mass is 16.1. The summed E-state index contributed by atoms with van der Waals surface area (Å²) in [5.74, 6) is 0.0798. The molecule has 0 saturated heterocycles. The van der Waals surface area contributed by atoms with Gasteiger partial charge in [0.1, 0.15) is 0 Å². The van der Waals surface area contributed by atoms with Gasteiger partial charge in [0, 0.05) is 24.8 Å². The van der Waals surface area contributed by atoms with Crippen LogP contribution in [0, 0.1) is 0 Å². The third-order valence-electron chi connectivity index (χ3n) is 1.65. The lowest BCUT2D eigenvalue weighted by atomic mass is 10.3. The molecule has 14 heavy (non-hydrogen) atoms. The summed E-state index contributed by atoms with van der Waals surface area (Å²) < 4.78 is 0. The molecule has 0 spiro atoms. The van der Waals surface area contributed by atoms with E-state index in [2.05, 4.69) is 20.3 Å². The Morgan fingerprint density at radius 3 is 2.79 bits per heavy atom. The number of aromatic nitrogens is 3. The molecule has 0 radical (unpaired) electrons. The van der Waals surface area contributed by atoms with Crippen LogP contribution in [-0.4, -0.2) is 20.9 Å². The van der Waals surface area contributed by atoms with Gasteiger partial charge in [-0.15, -0.1) is 0 Å². The normalized spacial score (nSPS) is 9.71. The second-order valence-electron chi connectivity index (χ2n) is 2.63. The number of anilines is 1. The number of carbonyl (C=O) groups is 1. The van der Waals surface area contributed by atoms with E-state index in [0.717, 1.165) is 0 Å². The van der Waals surface area contributed by atoms with Crippen molar-refractivity contribution in [3.63, 3.8) is 0 Å². The zero-order chi connectivity index (χ0) is 9.80. The molecule has 0 saturated carbocycles. The van der Waals surface area contributed by atoms with Gasteiger partial charge in [-0.25, -0.2) is 9.97 Å². The van der Waals surface area contributed by atoms with Crippen molar-refractivity contribution < 1.29 is 4.79 Å². The average molecular weight is 188 g/mol. The first kappa shape index (κ1) is 8.43. The van der Waals surface area contributed by atoms with Gasteiger partial charge in [0.05, 0.1) is 5.56 Å². The van der Waals surface area contributed by atoms with Gasteiger partial charge in [-0.3, -0.25) is 10.1 Å². The molecule has 0 atom stereocenters. The zero-order valence-electron chi connectivity index (χ0n) is 7.27. The van der Waals surface area contributed by atoms with Gasteiger partial charge in [0.25, 0.3) is 5.91 Å². The number of hydrogen-bond acceptors (Lipinski definition) is 3. The van der Waals surface area contributed by atoms with Crippen LogP contribution in [0.5, 0.6) is 0 Å². The highest BCUT2D eigenvalue weighted by Gasteiger charge is 2.06. The topological polar surface area (TPSA) is 70.7 Å². The first-order valence-electron chi connectivity index (χ1n) is 4.07. The Hall–Kier alpha value is -2.17. The van der Waals surface area contributed by atoms with E-state index in [4.69, 9.17) is 0 Å². The van der Waals surface area contributed by atoms with Gasteiger partial charge >= 0.3 is 0 Å². The number of H-pyrrole nitrogens is 1. The number of nitrogens with one attached hydrogen (secondary N) is 2. The zero-order valence-corrected chi connectivity index (χ0v) is 7.27. The van der Waals surface area contributed by atoms with Gasteiger partial charge in [0.15, 0.2) is 0 Å². The number of rotatable bonds is 2. The van der Waals surface area contributed by atoms with Crippen molar-refractivity contribution in [2.45, 2.75) is 0 Å². The minimum absolute atomic E-state index is 0.225. The van der Waals surface area contributed by atoms with E-state index < -0.39 is 0 Å². The molecule has 70 valence electrons. The Morgan fingerprint density at radius 1 is 1.36 bits per heavy atom. The molecule has 0 fully saturated rings. The molecule has 0 bridgehead atoms. The van der Waals surface area contributed by atoms with E-state index in [0.29, 0.717) is 11.5 Å². The van der Waals surface area contributed by atoms with E-state index in [1.54, 1.807) is 36.9 Å². The largest absolute Gasteiger partial charge is 0.367 e. The fourth-order valence-electron chi connectivity index (χ4n) is 1.00. The third kappa shape index (κ3) is 1.77. The Bertz CT molecular complexity index is 410. The summed E-state index contributed by atoms with van der Waals surface area (Å²) in [5.41, 5.74) is 0.553. The second-order valence-corrected chi connectivity index (χ2v) is 2.63. The quantitative estimate of drug-likeness (QED) is 0.740. The molecule has 5 nitrogen and oxygen atoms in total. The molecule has 2 heterocycles. The molecule has 2 N–H and O–H groups in total. The van der Waals surface area contributed by atoms with Gasteiger partial charge in [-0.1, -0.05) is 0 Å². The van der Waals surface area contributed by atoms with Crippen molar-refractivity contribution in [1.29, 1.82) is 0 Å². The van der Waals surface area contributed by atoms with Gasteiger partial charge in [-0.2, -0.15) is 0 Å². The lowest BCUT2D eigenvalue weighted by Gasteiger charge is -1.99. The SMILES string of the molecule is O=C(Nc1ncccn1)c1cc[nH]c1. The van der Waals surface area contributed by atoms with E-state index in [9.17, 15) is 4.79 Å². The highest BCUT2D eigenvalue weighted by molar-refractivity contribution is 6.03. The lowest BCUT2D eigenvalue weighted by Crippen LogP contribution is -2.12. The second kappa shape index (κ2) is 3.69. The summed E-state index contributed by atoms with van der Waals surface area (Å²) in [6, 6.07) is 3.37. The van der Waals surface area contributed by atoms with Crippen molar-refractivity contribution in [2.75, 3.05) is 5.32 Å². The summed E-state index contributed by atoms with van der Waals surface area (Å²) in [6.45, 7) is 0. The van der Waals surface area contributed by atoms with Crippen LogP contribution in [-0.2, 0) is 0 Å². The molecule has 0 unspecified atom stereocenters. The third-order valence-corrected chi connectivity index (χ3v) is 1.65. The van der Waals surface area contributed by atoms with Gasteiger partial charge < -0.3 is 4.98 Å². The van der Waals surface area contributed by atoms with Crippen molar-refractivity contribution >= 4 is 11.9 Å². The molecule has 2 aromatic heterocycles. The Labute approximate surface area is 80.2 Å². The summed E-state index contributed by atoms with van der Waals surface area (Å²) in [4.78, 5) is 22.0. The highest BCUT2D eigenvalue weighted by Crippen LogP contribution is 2.01. The molecule has 0 aromatic carbocycles. The summed E-state index contributed by atoms with van der Waals surface area (Å²) in [6.07, 6.45) is 6.43. The molecule has 2 rings (SSSR count). The molecule has 5 heteroatoms. The lowest BCUT2D eigenvalue weighted by molar-refractivity contribution is 0.102. The van der Waals surface area contributed by atoms with E-state index in [-0.39, 0.29) is 5.91 Å². The molecular weight excluding hydrogens is 180 g/mol. The van der Waals surface area contributed by atoms with Crippen LogP contribution in [0.4, 0.5) is 5.95 Å². The molecular formula is C9H8N4O. The summed E-state index contributed by atoms with van der Waals surface area (Å²) in [5, 5.41) is 2.56. The van der Waals surface area contributed by atoms with Gasteiger partial charge in [-0.05, 0) is 12.1 Å². The van der Waals surface area contributed by atoms with Crippen LogP contribution in [0.3, 0.4) is 0 Å². The summed E-state index contributed by atoms with van der Waals surface area (Å²) >= 11 is 0. The average Bonchev–Trinajstić information content (AvgIpc) is 2.72. The fourth-order valence-corrected chi connectivity index (χ4v) is 1.00. The van der Waals surface area contributed by atoms with Crippen molar-refractivity contribution in [1.82, 2.24) is 15.0 Å². The maximum absolute atomic E-state index is 11.5. The standard InChI is InChI=1S/C9H8N4O/c14-8(7-2-5-10-6-7)13-9-11-3-1-4-12-9/h1-6,10H,(H,11,12,13,14). The predicted molar refractivity (Wildman–Crippen MR) is 50.8 cm³/mol. The van der Waals surface area contributed by atoms with Crippen LogP contribution < -0.4 is 5.32 Å². The number of nitrogens with zero attached hydrogens (tertiary/aromatic N) is 2. The molecule has 0 aliphatic rings. The van der Waals surface area contributed by atoms with E-state index >= 15 is 0 Å². The number of aromatic amines is 1. The van der Waals surface area contributed by atoms with Crippen LogP contribution in [0.25, 0.3) is 0 Å². The first-order valence-corrected chi connectivity index (χ1v) is 4.07. The minimum Gasteiger partial charge on any atom is -0.367 e. The maximum Gasteiger partial charge on any atom is 0.259 e. The smallest absolute Gasteiger partial charge is 0.259 e. The van der Waals surface area contributed by atoms with Crippen LogP contribution in [0.1, 0.15) is 10.4 Å². The Kier molecular flexibility index (Phi) is 2.22. The predicted octanol–water partition coefficient (Wildman–Crippen LogP) is 1.06. The molecule has 0 aliphatic heterocycles. The Balaban J connectivity index is 2.10. The number of hydrogen-bond donors (Lipinski definition) is 2. The number of amides is 1. The van der Waals surface area contributed by atoms with Crippen LogP contribution in [0.15, 0.2) is 36.9 Å². The molecule has 1 amide bonds. The summed E-state index contributed by atoms with van der Waals surface area (Å²) in [7, 11) is 0. The fraction of sp³-hybridized carbons (Fsp3) is 0. The first-order chi connectivity index (χ1) is 6.86. The van der Waals surface area contributed by atoms with Crippen molar-refractivity contribution in [2.24, 2.45) is 0 Å². The van der Waals surface area contributed by atoms with Gasteiger partial charge in [0.2, 0.25) is 5.95 Å².